The van der Waals surface area contributed by atoms with E-state index >= 15 is 0 Å². The number of halogens is 2. The molecule has 1 N–H and O–H groups in total. The molecule has 0 radical (unpaired) electrons. The van der Waals surface area contributed by atoms with Crippen LogP contribution in [0.25, 0.3) is 11.3 Å². The zero-order chi connectivity index (χ0) is 20.1. The molecule has 0 saturated carbocycles. The normalized spacial score (nSPS) is 11.9. The van der Waals surface area contributed by atoms with Crippen LogP contribution in [0.5, 0.6) is 11.5 Å². The van der Waals surface area contributed by atoms with Crippen molar-refractivity contribution < 1.29 is 23.0 Å². The van der Waals surface area contributed by atoms with Gasteiger partial charge < -0.3 is 14.8 Å². The molecule has 1 amide bonds. The number of hydrogen-bond acceptors (Lipinski definition) is 6. The van der Waals surface area contributed by atoms with Gasteiger partial charge in [-0.2, -0.15) is 8.78 Å². The number of para-hydroxylation sites is 1. The van der Waals surface area contributed by atoms with E-state index in [0.29, 0.717) is 5.01 Å². The lowest BCUT2D eigenvalue weighted by atomic mass is 10.1. The second-order valence-corrected chi connectivity index (χ2v) is 6.61. The number of alkyl halides is 2. The average molecular weight is 405 g/mol. The third-order valence-corrected chi connectivity index (χ3v) is 4.89. The van der Waals surface area contributed by atoms with Crippen molar-refractivity contribution in [3.8, 4) is 22.8 Å². The van der Waals surface area contributed by atoms with Gasteiger partial charge in [0.2, 0.25) is 0 Å². The predicted octanol–water partition coefficient (Wildman–Crippen LogP) is 4.31. The van der Waals surface area contributed by atoms with Crippen LogP contribution in [0.4, 0.5) is 8.78 Å². The highest BCUT2D eigenvalue weighted by atomic mass is 32.1. The molecule has 0 aliphatic heterocycles. The molecule has 0 spiro atoms. The number of ether oxygens (including phenoxy) is 2. The summed E-state index contributed by atoms with van der Waals surface area (Å²) in [6.45, 7) is -1.32. The van der Waals surface area contributed by atoms with Crippen LogP contribution in [0.1, 0.15) is 28.3 Å². The summed E-state index contributed by atoms with van der Waals surface area (Å²) in [6.07, 6.45) is 3.35. The monoisotopic (exact) mass is 405 g/mol. The van der Waals surface area contributed by atoms with E-state index in [0.717, 1.165) is 11.3 Å². The summed E-state index contributed by atoms with van der Waals surface area (Å²) in [6, 6.07) is 7.62. The van der Waals surface area contributed by atoms with E-state index in [9.17, 15) is 13.6 Å². The van der Waals surface area contributed by atoms with Crippen LogP contribution in [0.2, 0.25) is 0 Å². The fourth-order valence-corrected chi connectivity index (χ4v) is 3.38. The van der Waals surface area contributed by atoms with Crippen molar-refractivity contribution in [2.75, 3.05) is 7.11 Å². The first kappa shape index (κ1) is 19.7. The number of amides is 1. The second-order valence-electron chi connectivity index (χ2n) is 5.72. The quantitative estimate of drug-likeness (QED) is 0.634. The minimum absolute atomic E-state index is 0.0441. The van der Waals surface area contributed by atoms with Crippen molar-refractivity contribution in [2.24, 2.45) is 0 Å². The number of nitrogens with one attached hydrogen (secondary N) is 1. The Morgan fingerprint density at radius 3 is 2.64 bits per heavy atom. The third-order valence-electron chi connectivity index (χ3n) is 3.87. The van der Waals surface area contributed by atoms with Gasteiger partial charge in [0.15, 0.2) is 11.5 Å². The molecule has 2 aromatic heterocycles. The molecule has 9 heteroatoms. The Balaban J connectivity index is 1.79. The molecule has 0 bridgehead atoms. The largest absolute Gasteiger partial charge is 0.493 e. The molecular formula is C19H17F2N3O3S. The van der Waals surface area contributed by atoms with Gasteiger partial charge in [-0.1, -0.05) is 6.07 Å². The van der Waals surface area contributed by atoms with Crippen molar-refractivity contribution >= 4 is 17.2 Å². The maximum Gasteiger partial charge on any atom is 0.387 e. The Morgan fingerprint density at radius 1 is 1.21 bits per heavy atom. The van der Waals surface area contributed by atoms with Gasteiger partial charge in [0.25, 0.3) is 5.91 Å². The molecular weight excluding hydrogens is 388 g/mol. The van der Waals surface area contributed by atoms with Gasteiger partial charge in [-0.15, -0.1) is 11.3 Å². The molecule has 28 heavy (non-hydrogen) atoms. The minimum Gasteiger partial charge on any atom is -0.493 e. The first-order chi connectivity index (χ1) is 13.5. The van der Waals surface area contributed by atoms with Crippen LogP contribution in [-0.2, 0) is 0 Å². The standard InChI is InChI=1S/C19H17F2N3O3S/c1-11(18-24-14(10-28-18)12-6-8-22-9-7-12)23-17(25)13-4-3-5-15(26-2)16(13)27-19(20)21/h3-11,19H,1-2H3,(H,23,25). The molecule has 2 heterocycles. The van der Waals surface area contributed by atoms with Crippen LogP contribution in [0, 0.1) is 0 Å². The molecule has 1 aromatic carbocycles. The highest BCUT2D eigenvalue weighted by Crippen LogP contribution is 2.33. The zero-order valence-electron chi connectivity index (χ0n) is 15.1. The summed E-state index contributed by atoms with van der Waals surface area (Å²) in [4.78, 5) is 21.2. The summed E-state index contributed by atoms with van der Waals surface area (Å²) in [5, 5.41) is 5.32. The van der Waals surface area contributed by atoms with E-state index in [1.807, 2.05) is 17.5 Å². The Morgan fingerprint density at radius 2 is 1.96 bits per heavy atom. The minimum atomic E-state index is -3.08. The van der Waals surface area contributed by atoms with Crippen LogP contribution in [0.15, 0.2) is 48.1 Å². The van der Waals surface area contributed by atoms with Crippen LogP contribution in [0.3, 0.4) is 0 Å². The number of rotatable bonds is 7. The van der Waals surface area contributed by atoms with E-state index in [1.54, 1.807) is 19.3 Å². The van der Waals surface area contributed by atoms with Crippen molar-refractivity contribution in [2.45, 2.75) is 19.6 Å². The smallest absolute Gasteiger partial charge is 0.387 e. The van der Waals surface area contributed by atoms with E-state index < -0.39 is 18.6 Å². The number of aromatic nitrogens is 2. The fraction of sp³-hybridized carbons (Fsp3) is 0.211. The highest BCUT2D eigenvalue weighted by molar-refractivity contribution is 7.10. The number of nitrogens with zero attached hydrogens (tertiary/aromatic N) is 2. The molecule has 0 fully saturated rings. The van der Waals surface area contributed by atoms with Crippen LogP contribution >= 0.6 is 11.3 Å². The Labute approximate surface area is 164 Å². The fourth-order valence-electron chi connectivity index (χ4n) is 2.54. The number of carbonyl (C=O) groups excluding carboxylic acids is 1. The zero-order valence-corrected chi connectivity index (χ0v) is 15.9. The Kier molecular flexibility index (Phi) is 6.15. The maximum absolute atomic E-state index is 12.7. The first-order valence-electron chi connectivity index (χ1n) is 8.28. The molecule has 1 atom stereocenters. The lowest BCUT2D eigenvalue weighted by molar-refractivity contribution is -0.0515. The lowest BCUT2D eigenvalue weighted by Crippen LogP contribution is -2.27. The second kappa shape index (κ2) is 8.75. The van der Waals surface area contributed by atoms with Gasteiger partial charge in [-0.3, -0.25) is 9.78 Å². The van der Waals surface area contributed by atoms with Crippen LogP contribution in [-0.4, -0.2) is 29.6 Å². The topological polar surface area (TPSA) is 73.3 Å². The van der Waals surface area contributed by atoms with Crippen molar-refractivity contribution in [3.63, 3.8) is 0 Å². The number of hydrogen-bond donors (Lipinski definition) is 1. The van der Waals surface area contributed by atoms with Gasteiger partial charge in [-0.05, 0) is 31.2 Å². The molecule has 0 aliphatic carbocycles. The van der Waals surface area contributed by atoms with Gasteiger partial charge in [-0.25, -0.2) is 4.98 Å². The van der Waals surface area contributed by atoms with E-state index in [1.165, 1.54) is 36.6 Å². The predicted molar refractivity (Wildman–Crippen MR) is 101 cm³/mol. The molecule has 6 nitrogen and oxygen atoms in total. The summed E-state index contributed by atoms with van der Waals surface area (Å²) in [5.74, 6) is -0.821. The average Bonchev–Trinajstić information content (AvgIpc) is 3.18. The summed E-state index contributed by atoms with van der Waals surface area (Å²) < 4.78 is 35.0. The lowest BCUT2D eigenvalue weighted by Gasteiger charge is -2.16. The van der Waals surface area contributed by atoms with E-state index in [2.05, 4.69) is 20.0 Å². The summed E-state index contributed by atoms with van der Waals surface area (Å²) in [5.41, 5.74) is 1.64. The number of thiazole rings is 1. The Hall–Kier alpha value is -3.07. The number of benzene rings is 1. The maximum atomic E-state index is 12.7. The number of methoxy groups -OCH3 is 1. The number of carbonyl (C=O) groups is 1. The van der Waals surface area contributed by atoms with Crippen molar-refractivity contribution in [1.82, 2.24) is 15.3 Å². The van der Waals surface area contributed by atoms with Crippen LogP contribution < -0.4 is 14.8 Å². The molecule has 0 aliphatic rings. The molecule has 1 unspecified atom stereocenters. The van der Waals surface area contributed by atoms with Crippen molar-refractivity contribution in [3.05, 3.63) is 58.7 Å². The first-order valence-corrected chi connectivity index (χ1v) is 9.16. The SMILES string of the molecule is COc1cccc(C(=O)NC(C)c2nc(-c3ccncc3)cs2)c1OC(F)F. The number of pyridine rings is 1. The summed E-state index contributed by atoms with van der Waals surface area (Å²) in [7, 11) is 1.31. The molecule has 146 valence electrons. The van der Waals surface area contributed by atoms with Gasteiger partial charge in [0.05, 0.1) is 24.4 Å². The molecule has 3 rings (SSSR count). The van der Waals surface area contributed by atoms with Crippen molar-refractivity contribution in [1.29, 1.82) is 0 Å². The van der Waals surface area contributed by atoms with Gasteiger partial charge >= 0.3 is 6.61 Å². The Bertz CT molecular complexity index is 951. The molecule has 0 saturated heterocycles. The third kappa shape index (κ3) is 4.42. The molecule has 3 aromatic rings. The van der Waals surface area contributed by atoms with E-state index in [-0.39, 0.29) is 17.1 Å². The van der Waals surface area contributed by atoms with Gasteiger partial charge in [0, 0.05) is 23.3 Å². The van der Waals surface area contributed by atoms with E-state index in [4.69, 9.17) is 4.74 Å². The van der Waals surface area contributed by atoms with Gasteiger partial charge in [0.1, 0.15) is 5.01 Å². The highest BCUT2D eigenvalue weighted by Gasteiger charge is 2.22. The summed E-state index contributed by atoms with van der Waals surface area (Å²) >= 11 is 1.39.